The van der Waals surface area contributed by atoms with Crippen LogP contribution in [0.2, 0.25) is 0 Å². The van der Waals surface area contributed by atoms with Crippen LogP contribution in [0.1, 0.15) is 45.6 Å². The molecule has 0 saturated heterocycles. The molecule has 0 spiro atoms. The van der Waals surface area contributed by atoms with Gasteiger partial charge in [-0.05, 0) is 68.4 Å². The zero-order valence-corrected chi connectivity index (χ0v) is 17.7. The summed E-state index contributed by atoms with van der Waals surface area (Å²) in [5.41, 5.74) is 2.26. The molecule has 1 aromatic heterocycles. The second kappa shape index (κ2) is 9.75. The van der Waals surface area contributed by atoms with E-state index in [1.165, 1.54) is 6.92 Å². The number of ether oxygens (including phenoxy) is 1. The van der Waals surface area contributed by atoms with Crippen molar-refractivity contribution in [3.8, 4) is 5.75 Å². The third-order valence-electron chi connectivity index (χ3n) is 4.73. The highest BCUT2D eigenvalue weighted by molar-refractivity contribution is 6.04. The molecule has 2 amide bonds. The van der Waals surface area contributed by atoms with Crippen molar-refractivity contribution in [3.63, 3.8) is 0 Å². The summed E-state index contributed by atoms with van der Waals surface area (Å²) < 4.78 is 10.6. The van der Waals surface area contributed by atoms with Gasteiger partial charge in [0.1, 0.15) is 17.3 Å². The molecule has 0 aliphatic carbocycles. The van der Waals surface area contributed by atoms with Crippen LogP contribution in [0.15, 0.2) is 59.0 Å². The quantitative estimate of drug-likeness (QED) is 0.518. The van der Waals surface area contributed by atoms with Gasteiger partial charge in [-0.1, -0.05) is 0 Å². The third-order valence-corrected chi connectivity index (χ3v) is 4.73. The molecule has 1 heterocycles. The molecule has 3 aromatic rings. The molecule has 0 fully saturated rings. The largest absolute Gasteiger partial charge is 0.497 e. The Morgan fingerprint density at radius 3 is 2.13 bits per heavy atom. The van der Waals surface area contributed by atoms with Crippen LogP contribution >= 0.6 is 0 Å². The predicted octanol–water partition coefficient (Wildman–Crippen LogP) is 4.62. The number of nitrogens with one attached hydrogen (secondary N) is 2. The van der Waals surface area contributed by atoms with E-state index in [0.717, 1.165) is 0 Å². The lowest BCUT2D eigenvalue weighted by Gasteiger charge is -2.08. The lowest BCUT2D eigenvalue weighted by Crippen LogP contribution is -2.14. The van der Waals surface area contributed by atoms with Crippen molar-refractivity contribution >= 4 is 29.0 Å². The van der Waals surface area contributed by atoms with Gasteiger partial charge < -0.3 is 19.8 Å². The summed E-state index contributed by atoms with van der Waals surface area (Å²) in [5.74, 6) is 1.37. The highest BCUT2D eigenvalue weighted by atomic mass is 16.5. The van der Waals surface area contributed by atoms with E-state index in [2.05, 4.69) is 10.6 Å². The van der Waals surface area contributed by atoms with Crippen LogP contribution in [0.3, 0.4) is 0 Å². The van der Waals surface area contributed by atoms with E-state index in [4.69, 9.17) is 9.15 Å². The number of aryl methyl sites for hydroxylation is 2. The normalized spacial score (nSPS) is 10.4. The summed E-state index contributed by atoms with van der Waals surface area (Å²) in [6.07, 6.45) is 0.603. The van der Waals surface area contributed by atoms with E-state index < -0.39 is 0 Å². The van der Waals surface area contributed by atoms with Crippen molar-refractivity contribution in [2.24, 2.45) is 0 Å². The maximum Gasteiger partial charge on any atom is 0.255 e. The van der Waals surface area contributed by atoms with Crippen LogP contribution < -0.4 is 15.4 Å². The first kappa shape index (κ1) is 21.8. The summed E-state index contributed by atoms with van der Waals surface area (Å²) in [4.78, 5) is 36.1. The number of rotatable bonds is 8. The average molecular weight is 420 g/mol. The highest BCUT2D eigenvalue weighted by Gasteiger charge is 2.13. The minimum Gasteiger partial charge on any atom is -0.497 e. The number of methoxy groups -OCH3 is 1. The van der Waals surface area contributed by atoms with Gasteiger partial charge in [0.2, 0.25) is 5.91 Å². The molecule has 31 heavy (non-hydrogen) atoms. The Morgan fingerprint density at radius 2 is 1.55 bits per heavy atom. The molecule has 0 radical (unpaired) electrons. The number of hydrogen-bond acceptors (Lipinski definition) is 5. The van der Waals surface area contributed by atoms with E-state index in [0.29, 0.717) is 46.2 Å². The topological polar surface area (TPSA) is 97.6 Å². The summed E-state index contributed by atoms with van der Waals surface area (Å²) in [6, 6.07) is 15.3. The molecule has 0 atom stereocenters. The zero-order chi connectivity index (χ0) is 22.4. The first-order chi connectivity index (χ1) is 14.9. The fourth-order valence-electron chi connectivity index (χ4n) is 3.06. The second-order valence-corrected chi connectivity index (χ2v) is 7.05. The Morgan fingerprint density at radius 1 is 0.935 bits per heavy atom. The number of Topliss-reactive ketones (excluding diaryl/α,β-unsaturated/α-hetero) is 1. The number of hydrogen-bond donors (Lipinski definition) is 2. The maximum atomic E-state index is 12.4. The fraction of sp³-hybridized carbons (Fsp3) is 0.208. The lowest BCUT2D eigenvalue weighted by molar-refractivity contribution is -0.116. The Hall–Kier alpha value is -3.87. The molecular weight excluding hydrogens is 396 g/mol. The molecule has 0 saturated carbocycles. The number of benzene rings is 2. The standard InChI is InChI=1S/C24H24N2O5/c1-15(27)22-14-21(31-16(22)2)12-13-23(28)25-18-6-4-17(5-7-18)24(29)26-19-8-10-20(30-3)11-9-19/h4-11,14H,12-13H2,1-3H3,(H,25,28)(H,26,29). The van der Waals surface area contributed by atoms with E-state index in [-0.39, 0.29) is 24.0 Å². The Bertz CT molecular complexity index is 1080. The lowest BCUT2D eigenvalue weighted by atomic mass is 10.1. The highest BCUT2D eigenvalue weighted by Crippen LogP contribution is 2.18. The van der Waals surface area contributed by atoms with Crippen LogP contribution in [-0.2, 0) is 11.2 Å². The maximum absolute atomic E-state index is 12.4. The summed E-state index contributed by atoms with van der Waals surface area (Å²) in [6.45, 7) is 3.21. The number of carbonyl (C=O) groups is 3. The SMILES string of the molecule is COc1ccc(NC(=O)c2ccc(NC(=O)CCc3cc(C(C)=O)c(C)o3)cc2)cc1. The van der Waals surface area contributed by atoms with Crippen molar-refractivity contribution in [2.75, 3.05) is 17.7 Å². The average Bonchev–Trinajstić information content (AvgIpc) is 3.14. The molecule has 0 bridgehead atoms. The molecule has 2 N–H and O–H groups in total. The molecule has 0 aliphatic heterocycles. The van der Waals surface area contributed by atoms with Gasteiger partial charge in [0.05, 0.1) is 12.7 Å². The zero-order valence-electron chi connectivity index (χ0n) is 17.7. The monoisotopic (exact) mass is 420 g/mol. The van der Waals surface area contributed by atoms with Gasteiger partial charge >= 0.3 is 0 Å². The number of ketones is 1. The summed E-state index contributed by atoms with van der Waals surface area (Å²) in [5, 5.41) is 5.60. The van der Waals surface area contributed by atoms with Gasteiger partial charge in [-0.2, -0.15) is 0 Å². The molecule has 2 aromatic carbocycles. The van der Waals surface area contributed by atoms with E-state index >= 15 is 0 Å². The minimum atomic E-state index is -0.252. The van der Waals surface area contributed by atoms with Gasteiger partial charge in [0, 0.05) is 29.8 Å². The van der Waals surface area contributed by atoms with Crippen molar-refractivity contribution in [1.82, 2.24) is 0 Å². The summed E-state index contributed by atoms with van der Waals surface area (Å²) in [7, 11) is 1.58. The van der Waals surface area contributed by atoms with Crippen molar-refractivity contribution in [2.45, 2.75) is 26.7 Å². The smallest absolute Gasteiger partial charge is 0.255 e. The molecule has 0 unspecified atom stereocenters. The molecule has 3 rings (SSSR count). The Kier molecular flexibility index (Phi) is 6.87. The van der Waals surface area contributed by atoms with Gasteiger partial charge in [-0.3, -0.25) is 14.4 Å². The van der Waals surface area contributed by atoms with Crippen LogP contribution in [0.4, 0.5) is 11.4 Å². The first-order valence-corrected chi connectivity index (χ1v) is 9.81. The third kappa shape index (κ3) is 5.82. The molecule has 7 nitrogen and oxygen atoms in total. The molecule has 7 heteroatoms. The van der Waals surface area contributed by atoms with Crippen LogP contribution in [0.25, 0.3) is 0 Å². The van der Waals surface area contributed by atoms with Crippen molar-refractivity contribution in [1.29, 1.82) is 0 Å². The number of anilines is 2. The van der Waals surface area contributed by atoms with Gasteiger partial charge in [0.25, 0.3) is 5.91 Å². The van der Waals surface area contributed by atoms with Gasteiger partial charge in [-0.15, -0.1) is 0 Å². The van der Waals surface area contributed by atoms with Crippen LogP contribution in [0, 0.1) is 6.92 Å². The molecule has 0 aliphatic rings. The first-order valence-electron chi connectivity index (χ1n) is 9.81. The van der Waals surface area contributed by atoms with Crippen LogP contribution in [-0.4, -0.2) is 24.7 Å². The van der Waals surface area contributed by atoms with Crippen molar-refractivity contribution in [3.05, 3.63) is 77.2 Å². The number of carbonyl (C=O) groups excluding carboxylic acids is 3. The van der Waals surface area contributed by atoms with Gasteiger partial charge in [0.15, 0.2) is 5.78 Å². The minimum absolute atomic E-state index is 0.0620. The van der Waals surface area contributed by atoms with E-state index in [9.17, 15) is 14.4 Å². The molecular formula is C24H24N2O5. The number of furan rings is 1. The van der Waals surface area contributed by atoms with E-state index in [1.807, 2.05) is 0 Å². The Labute approximate surface area is 180 Å². The van der Waals surface area contributed by atoms with Crippen molar-refractivity contribution < 1.29 is 23.5 Å². The van der Waals surface area contributed by atoms with Crippen LogP contribution in [0.5, 0.6) is 5.75 Å². The van der Waals surface area contributed by atoms with E-state index in [1.54, 1.807) is 68.6 Å². The summed E-state index contributed by atoms with van der Waals surface area (Å²) >= 11 is 0. The number of amides is 2. The fourth-order valence-corrected chi connectivity index (χ4v) is 3.06. The second-order valence-electron chi connectivity index (χ2n) is 7.05. The molecule has 160 valence electrons. The Balaban J connectivity index is 1.52. The predicted molar refractivity (Wildman–Crippen MR) is 118 cm³/mol. The van der Waals surface area contributed by atoms with Gasteiger partial charge in [-0.25, -0.2) is 0 Å².